The van der Waals surface area contributed by atoms with Crippen LogP contribution in [0.4, 0.5) is 11.4 Å². The summed E-state index contributed by atoms with van der Waals surface area (Å²) in [5, 5.41) is 0. The second-order valence-electron chi connectivity index (χ2n) is 4.67. The van der Waals surface area contributed by atoms with Gasteiger partial charge in [-0.1, -0.05) is 0 Å². The molecule has 0 amide bonds. The lowest BCUT2D eigenvalue weighted by Crippen LogP contribution is -2.31. The zero-order valence-corrected chi connectivity index (χ0v) is 12.3. The van der Waals surface area contributed by atoms with Crippen LogP contribution in [0.15, 0.2) is 18.2 Å². The molecule has 1 aromatic carbocycles. The summed E-state index contributed by atoms with van der Waals surface area (Å²) in [6.45, 7) is 2.88. The maximum Gasteiger partial charge on any atom is 0.0511 e. The molecule has 0 radical (unpaired) electrons. The van der Waals surface area contributed by atoms with E-state index in [2.05, 4.69) is 40.6 Å². The molecule has 0 aliphatic carbocycles. The number of anilines is 2. The van der Waals surface area contributed by atoms with E-state index in [-0.39, 0.29) is 0 Å². The van der Waals surface area contributed by atoms with Crippen molar-refractivity contribution in [3.8, 4) is 0 Å². The molecule has 0 aromatic heterocycles. The molecule has 0 bridgehead atoms. The van der Waals surface area contributed by atoms with Gasteiger partial charge >= 0.3 is 0 Å². The third-order valence-electron chi connectivity index (χ3n) is 3.17. The van der Waals surface area contributed by atoms with Gasteiger partial charge in [-0.05, 0) is 59.5 Å². The number of nitrogens with two attached hydrogens (primary N) is 1. The van der Waals surface area contributed by atoms with E-state index in [1.807, 2.05) is 12.1 Å². The Hall–Kier alpha value is -0.490. The van der Waals surface area contributed by atoms with Crippen molar-refractivity contribution in [3.05, 3.63) is 21.8 Å². The van der Waals surface area contributed by atoms with Gasteiger partial charge in [0.25, 0.3) is 0 Å². The largest absolute Gasteiger partial charge is 0.399 e. The van der Waals surface area contributed by atoms with Crippen LogP contribution in [0.5, 0.6) is 0 Å². The maximum atomic E-state index is 5.77. The third kappa shape index (κ3) is 3.48. The summed E-state index contributed by atoms with van der Waals surface area (Å²) in [7, 11) is 2.14. The molecule has 1 saturated heterocycles. The van der Waals surface area contributed by atoms with Crippen LogP contribution in [-0.2, 0) is 4.74 Å². The van der Waals surface area contributed by atoms with Crippen molar-refractivity contribution in [2.75, 3.05) is 37.4 Å². The lowest BCUT2D eigenvalue weighted by Gasteiger charge is -2.29. The Labute approximate surface area is 116 Å². The Morgan fingerprint density at radius 2 is 2.35 bits per heavy atom. The number of halogens is 1. The summed E-state index contributed by atoms with van der Waals surface area (Å²) >= 11 is 2.34. The summed E-state index contributed by atoms with van der Waals surface area (Å²) in [5.74, 6) is 0.655. The molecule has 1 aromatic rings. The van der Waals surface area contributed by atoms with E-state index < -0.39 is 0 Å². The minimum Gasteiger partial charge on any atom is -0.399 e. The lowest BCUT2D eigenvalue weighted by molar-refractivity contribution is 0.0576. The normalized spacial score (nSPS) is 20.2. The second kappa shape index (κ2) is 5.91. The first kappa shape index (κ1) is 13.0. The summed E-state index contributed by atoms with van der Waals surface area (Å²) in [6, 6.07) is 6.08. The highest BCUT2D eigenvalue weighted by molar-refractivity contribution is 14.1. The first-order valence-electron chi connectivity index (χ1n) is 6.00. The Kier molecular flexibility index (Phi) is 4.50. The molecule has 17 heavy (non-hydrogen) atoms. The van der Waals surface area contributed by atoms with Gasteiger partial charge in [0.1, 0.15) is 0 Å². The number of benzene rings is 1. The molecule has 1 heterocycles. The Bertz CT molecular complexity index is 378. The number of nitrogen functional groups attached to an aromatic ring is 1. The van der Waals surface area contributed by atoms with Gasteiger partial charge in [0, 0.05) is 29.5 Å². The first-order chi connectivity index (χ1) is 8.16. The van der Waals surface area contributed by atoms with Gasteiger partial charge in [-0.25, -0.2) is 0 Å². The molecule has 1 unspecified atom stereocenters. The number of hydrogen-bond donors (Lipinski definition) is 1. The van der Waals surface area contributed by atoms with Gasteiger partial charge in [-0.3, -0.25) is 0 Å². The van der Waals surface area contributed by atoms with Crippen LogP contribution in [0, 0.1) is 9.49 Å². The summed E-state index contributed by atoms with van der Waals surface area (Å²) in [6.07, 6.45) is 2.47. The van der Waals surface area contributed by atoms with Gasteiger partial charge in [0.15, 0.2) is 0 Å². The smallest absolute Gasteiger partial charge is 0.0511 e. The molecule has 1 aliphatic rings. The zero-order chi connectivity index (χ0) is 12.3. The van der Waals surface area contributed by atoms with Gasteiger partial charge in [0.2, 0.25) is 0 Å². The van der Waals surface area contributed by atoms with Crippen molar-refractivity contribution in [2.24, 2.45) is 5.92 Å². The van der Waals surface area contributed by atoms with Crippen LogP contribution in [0.3, 0.4) is 0 Å². The monoisotopic (exact) mass is 346 g/mol. The van der Waals surface area contributed by atoms with Crippen molar-refractivity contribution in [1.82, 2.24) is 0 Å². The van der Waals surface area contributed by atoms with Crippen LogP contribution < -0.4 is 10.6 Å². The van der Waals surface area contributed by atoms with E-state index in [1.54, 1.807) is 0 Å². The fourth-order valence-corrected chi connectivity index (χ4v) is 3.22. The molecule has 0 saturated carbocycles. The van der Waals surface area contributed by atoms with Gasteiger partial charge in [-0.2, -0.15) is 0 Å². The van der Waals surface area contributed by atoms with Gasteiger partial charge < -0.3 is 15.4 Å². The molecule has 4 heteroatoms. The predicted octanol–water partition coefficient (Wildman–Crippen LogP) is 2.74. The number of ether oxygens (including phenoxy) is 1. The zero-order valence-electron chi connectivity index (χ0n) is 10.2. The fraction of sp³-hybridized carbons (Fsp3) is 0.538. The summed E-state index contributed by atoms with van der Waals surface area (Å²) < 4.78 is 6.73. The molecule has 0 spiro atoms. The van der Waals surface area contributed by atoms with Crippen molar-refractivity contribution in [2.45, 2.75) is 12.8 Å². The van der Waals surface area contributed by atoms with Crippen molar-refractivity contribution in [3.63, 3.8) is 0 Å². The Balaban J connectivity index is 2.00. The highest BCUT2D eigenvalue weighted by atomic mass is 127. The van der Waals surface area contributed by atoms with Crippen molar-refractivity contribution >= 4 is 34.0 Å². The first-order valence-corrected chi connectivity index (χ1v) is 7.08. The molecule has 1 aliphatic heterocycles. The standard InChI is InChI=1S/C13H19IN2O/c1-16(8-10-3-2-6-17-9-10)13-5-4-11(15)7-12(13)14/h4-5,7,10H,2-3,6,8-9,15H2,1H3. The minimum atomic E-state index is 0.655. The van der Waals surface area contributed by atoms with E-state index in [0.29, 0.717) is 5.92 Å². The summed E-state index contributed by atoms with van der Waals surface area (Å²) in [4.78, 5) is 2.31. The summed E-state index contributed by atoms with van der Waals surface area (Å²) in [5.41, 5.74) is 7.85. The molecule has 2 rings (SSSR count). The average Bonchev–Trinajstić information content (AvgIpc) is 2.30. The average molecular weight is 346 g/mol. The molecule has 94 valence electrons. The van der Waals surface area contributed by atoms with Crippen molar-refractivity contribution < 1.29 is 4.74 Å². The van der Waals surface area contributed by atoms with E-state index in [4.69, 9.17) is 10.5 Å². The van der Waals surface area contributed by atoms with Crippen molar-refractivity contribution in [1.29, 1.82) is 0 Å². The SMILES string of the molecule is CN(CC1CCCOC1)c1ccc(N)cc1I. The minimum absolute atomic E-state index is 0.655. The predicted molar refractivity (Wildman–Crippen MR) is 80.4 cm³/mol. The van der Waals surface area contributed by atoms with E-state index >= 15 is 0 Å². The molecular weight excluding hydrogens is 327 g/mol. The van der Waals surface area contributed by atoms with Crippen LogP contribution in [0.2, 0.25) is 0 Å². The molecule has 1 atom stereocenters. The Morgan fingerprint density at radius 3 is 3.00 bits per heavy atom. The van der Waals surface area contributed by atoms with Crippen LogP contribution >= 0.6 is 22.6 Å². The maximum absolute atomic E-state index is 5.77. The van der Waals surface area contributed by atoms with Crippen LogP contribution in [0.25, 0.3) is 0 Å². The second-order valence-corrected chi connectivity index (χ2v) is 5.84. The molecule has 1 fully saturated rings. The quantitative estimate of drug-likeness (QED) is 0.676. The topological polar surface area (TPSA) is 38.5 Å². The van der Waals surface area contributed by atoms with E-state index in [1.165, 1.54) is 22.1 Å². The van der Waals surface area contributed by atoms with Crippen LogP contribution in [-0.4, -0.2) is 26.8 Å². The molecule has 3 nitrogen and oxygen atoms in total. The Morgan fingerprint density at radius 1 is 1.53 bits per heavy atom. The highest BCUT2D eigenvalue weighted by Crippen LogP contribution is 2.25. The number of nitrogens with zero attached hydrogens (tertiary/aromatic N) is 1. The highest BCUT2D eigenvalue weighted by Gasteiger charge is 2.17. The van der Waals surface area contributed by atoms with E-state index in [0.717, 1.165) is 25.4 Å². The third-order valence-corrected chi connectivity index (χ3v) is 4.03. The van der Waals surface area contributed by atoms with Gasteiger partial charge in [-0.15, -0.1) is 0 Å². The van der Waals surface area contributed by atoms with E-state index in [9.17, 15) is 0 Å². The number of rotatable bonds is 3. The molecule has 2 N–H and O–H groups in total. The lowest BCUT2D eigenvalue weighted by atomic mass is 10.0. The van der Waals surface area contributed by atoms with Gasteiger partial charge in [0.05, 0.1) is 12.3 Å². The molecular formula is C13H19IN2O. The van der Waals surface area contributed by atoms with Crippen LogP contribution in [0.1, 0.15) is 12.8 Å². The fourth-order valence-electron chi connectivity index (χ4n) is 2.27. The number of hydrogen-bond acceptors (Lipinski definition) is 3.